The van der Waals surface area contributed by atoms with E-state index >= 15 is 0 Å². The van der Waals surface area contributed by atoms with Gasteiger partial charge in [0.1, 0.15) is 11.6 Å². The Labute approximate surface area is 92.3 Å². The molecule has 0 amide bonds. The third kappa shape index (κ3) is 3.86. The van der Waals surface area contributed by atoms with Gasteiger partial charge in [-0.15, -0.1) is 0 Å². The highest BCUT2D eigenvalue weighted by Crippen LogP contribution is 2.11. The fraction of sp³-hybridized carbons (Fsp3) is 0.667. The zero-order valence-corrected chi connectivity index (χ0v) is 10.2. The molecule has 0 unspecified atom stereocenters. The van der Waals surface area contributed by atoms with Gasteiger partial charge in [-0.3, -0.25) is 0 Å². The molecule has 0 radical (unpaired) electrons. The Bertz CT molecular complexity index is 308. The van der Waals surface area contributed by atoms with Crippen molar-refractivity contribution in [2.75, 3.05) is 12.4 Å². The highest BCUT2D eigenvalue weighted by Gasteiger charge is 2.05. The maximum atomic E-state index is 4.56. The molecule has 0 atom stereocenters. The average molecular weight is 207 g/mol. The summed E-state index contributed by atoms with van der Waals surface area (Å²) < 4.78 is 0. The summed E-state index contributed by atoms with van der Waals surface area (Å²) in [5.74, 6) is 2.53. The van der Waals surface area contributed by atoms with Crippen molar-refractivity contribution < 1.29 is 0 Å². The van der Waals surface area contributed by atoms with Crippen molar-refractivity contribution in [2.45, 2.75) is 40.0 Å². The molecule has 1 aromatic rings. The summed E-state index contributed by atoms with van der Waals surface area (Å²) >= 11 is 0. The van der Waals surface area contributed by atoms with E-state index in [9.17, 15) is 0 Å². The van der Waals surface area contributed by atoms with E-state index in [1.54, 1.807) is 0 Å². The van der Waals surface area contributed by atoms with Gasteiger partial charge in [0.15, 0.2) is 0 Å². The van der Waals surface area contributed by atoms with Gasteiger partial charge in [0.05, 0.1) is 0 Å². The molecule has 0 saturated carbocycles. The third-order valence-corrected chi connectivity index (χ3v) is 2.17. The first-order valence-electron chi connectivity index (χ1n) is 5.70. The molecule has 0 aliphatic carbocycles. The monoisotopic (exact) mass is 207 g/mol. The Kier molecular flexibility index (Phi) is 4.53. The molecule has 15 heavy (non-hydrogen) atoms. The summed E-state index contributed by atoms with van der Waals surface area (Å²) in [5.41, 5.74) is 1.15. The van der Waals surface area contributed by atoms with E-state index in [1.807, 2.05) is 13.1 Å². The summed E-state index contributed by atoms with van der Waals surface area (Å²) in [5, 5.41) is 3.09. The van der Waals surface area contributed by atoms with E-state index in [4.69, 9.17) is 0 Å². The normalized spacial score (nSPS) is 10.7. The molecule has 1 heterocycles. The average Bonchev–Trinajstić information content (AvgIpc) is 2.16. The summed E-state index contributed by atoms with van der Waals surface area (Å²) in [4.78, 5) is 8.99. The minimum atomic E-state index is 0.638. The van der Waals surface area contributed by atoms with Crippen LogP contribution in [0.2, 0.25) is 0 Å². The lowest BCUT2D eigenvalue weighted by molar-refractivity contribution is 0.629. The van der Waals surface area contributed by atoms with Gasteiger partial charge in [0, 0.05) is 25.2 Å². The Morgan fingerprint density at radius 2 is 2.07 bits per heavy atom. The Balaban J connectivity index is 2.89. The first-order chi connectivity index (χ1) is 7.15. The van der Waals surface area contributed by atoms with Crippen LogP contribution in [0.5, 0.6) is 0 Å². The lowest BCUT2D eigenvalue weighted by Gasteiger charge is -2.08. The molecular formula is C12H21N3. The van der Waals surface area contributed by atoms with Gasteiger partial charge in [0.2, 0.25) is 0 Å². The topological polar surface area (TPSA) is 37.8 Å². The van der Waals surface area contributed by atoms with Crippen LogP contribution in [0.3, 0.4) is 0 Å². The molecule has 0 bridgehead atoms. The number of nitrogens with zero attached hydrogens (tertiary/aromatic N) is 2. The Morgan fingerprint density at radius 1 is 1.33 bits per heavy atom. The maximum Gasteiger partial charge on any atom is 0.130 e. The molecule has 3 heteroatoms. The molecule has 0 aliphatic heterocycles. The second-order valence-corrected chi connectivity index (χ2v) is 4.26. The molecule has 3 nitrogen and oxygen atoms in total. The molecule has 84 valence electrons. The minimum absolute atomic E-state index is 0.638. The number of aromatic nitrogens is 2. The summed E-state index contributed by atoms with van der Waals surface area (Å²) in [7, 11) is 1.90. The molecule has 0 spiro atoms. The summed E-state index contributed by atoms with van der Waals surface area (Å²) in [6.45, 7) is 6.57. The van der Waals surface area contributed by atoms with E-state index in [0.29, 0.717) is 5.92 Å². The first kappa shape index (κ1) is 12.0. The maximum absolute atomic E-state index is 4.56. The van der Waals surface area contributed by atoms with E-state index in [-0.39, 0.29) is 0 Å². The van der Waals surface area contributed by atoms with E-state index in [0.717, 1.165) is 36.6 Å². The molecule has 0 aromatic carbocycles. The van der Waals surface area contributed by atoms with E-state index < -0.39 is 0 Å². The largest absolute Gasteiger partial charge is 0.373 e. The van der Waals surface area contributed by atoms with Crippen LogP contribution in [0, 0.1) is 5.92 Å². The smallest absolute Gasteiger partial charge is 0.130 e. The van der Waals surface area contributed by atoms with Crippen molar-refractivity contribution in [3.8, 4) is 0 Å². The number of aryl methyl sites for hydroxylation is 1. The van der Waals surface area contributed by atoms with Crippen molar-refractivity contribution in [3.63, 3.8) is 0 Å². The molecule has 0 aliphatic rings. The Hall–Kier alpha value is -1.12. The molecule has 1 N–H and O–H groups in total. The summed E-state index contributed by atoms with van der Waals surface area (Å²) in [6, 6.07) is 2.04. The molecule has 1 aromatic heterocycles. The van der Waals surface area contributed by atoms with Crippen molar-refractivity contribution in [1.82, 2.24) is 9.97 Å². The number of hydrogen-bond acceptors (Lipinski definition) is 3. The molecule has 0 fully saturated rings. The number of hydrogen-bond donors (Lipinski definition) is 1. The van der Waals surface area contributed by atoms with Crippen molar-refractivity contribution >= 4 is 5.82 Å². The highest BCUT2D eigenvalue weighted by atomic mass is 15.0. The van der Waals surface area contributed by atoms with Crippen LogP contribution in [0.25, 0.3) is 0 Å². The second-order valence-electron chi connectivity index (χ2n) is 4.26. The zero-order chi connectivity index (χ0) is 11.3. The number of anilines is 1. The predicted octanol–water partition coefficient (Wildman–Crippen LogP) is 2.67. The highest BCUT2D eigenvalue weighted by molar-refractivity contribution is 5.35. The molecule has 1 rings (SSSR count). The van der Waals surface area contributed by atoms with Gasteiger partial charge in [0.25, 0.3) is 0 Å². The summed E-state index contributed by atoms with van der Waals surface area (Å²) in [6.07, 6.45) is 3.07. The quantitative estimate of drug-likeness (QED) is 0.806. The second kappa shape index (κ2) is 5.69. The fourth-order valence-electron chi connectivity index (χ4n) is 1.54. The van der Waals surface area contributed by atoms with Gasteiger partial charge < -0.3 is 5.32 Å². The zero-order valence-electron chi connectivity index (χ0n) is 10.2. The standard InChI is InChI=1S/C12H21N3/c1-5-6-11-14-10(7-9(2)3)8-12(13-4)15-11/h8-9H,5-7H2,1-4H3,(H,13,14,15). The predicted molar refractivity (Wildman–Crippen MR) is 64.1 cm³/mol. The molecule has 0 saturated heterocycles. The van der Waals surface area contributed by atoms with Gasteiger partial charge >= 0.3 is 0 Å². The van der Waals surface area contributed by atoms with Crippen LogP contribution in [-0.2, 0) is 12.8 Å². The van der Waals surface area contributed by atoms with E-state index in [1.165, 1.54) is 0 Å². The Morgan fingerprint density at radius 3 is 2.60 bits per heavy atom. The van der Waals surface area contributed by atoms with Gasteiger partial charge in [-0.25, -0.2) is 9.97 Å². The fourth-order valence-corrected chi connectivity index (χ4v) is 1.54. The lowest BCUT2D eigenvalue weighted by Crippen LogP contribution is -2.05. The van der Waals surface area contributed by atoms with Gasteiger partial charge in [-0.1, -0.05) is 20.8 Å². The van der Waals surface area contributed by atoms with Crippen LogP contribution < -0.4 is 5.32 Å². The van der Waals surface area contributed by atoms with Crippen LogP contribution in [0.15, 0.2) is 6.07 Å². The van der Waals surface area contributed by atoms with Crippen molar-refractivity contribution in [1.29, 1.82) is 0 Å². The molecular weight excluding hydrogens is 186 g/mol. The lowest BCUT2D eigenvalue weighted by atomic mass is 10.1. The van der Waals surface area contributed by atoms with E-state index in [2.05, 4.69) is 36.1 Å². The number of nitrogens with one attached hydrogen (secondary N) is 1. The van der Waals surface area contributed by atoms with Crippen LogP contribution in [-0.4, -0.2) is 17.0 Å². The van der Waals surface area contributed by atoms with Crippen LogP contribution in [0.4, 0.5) is 5.82 Å². The van der Waals surface area contributed by atoms with Gasteiger partial charge in [-0.05, 0) is 18.8 Å². The van der Waals surface area contributed by atoms with Crippen molar-refractivity contribution in [2.24, 2.45) is 5.92 Å². The van der Waals surface area contributed by atoms with Crippen LogP contribution >= 0.6 is 0 Å². The third-order valence-electron chi connectivity index (χ3n) is 2.17. The SMILES string of the molecule is CCCc1nc(CC(C)C)cc(NC)n1. The first-order valence-corrected chi connectivity index (χ1v) is 5.70. The van der Waals surface area contributed by atoms with Crippen LogP contribution in [0.1, 0.15) is 38.7 Å². The number of rotatable bonds is 5. The van der Waals surface area contributed by atoms with Gasteiger partial charge in [-0.2, -0.15) is 0 Å². The minimum Gasteiger partial charge on any atom is -0.373 e. The van der Waals surface area contributed by atoms with Crippen molar-refractivity contribution in [3.05, 3.63) is 17.6 Å².